The Balaban J connectivity index is 1.64. The summed E-state index contributed by atoms with van der Waals surface area (Å²) in [6, 6.07) is 7.93. The molecule has 1 amide bonds. The molecule has 3 rings (SSSR count). The Morgan fingerprint density at radius 1 is 1.50 bits per heavy atom. The number of benzene rings is 1. The van der Waals surface area contributed by atoms with Gasteiger partial charge in [-0.15, -0.1) is 0 Å². The molecule has 0 radical (unpaired) electrons. The van der Waals surface area contributed by atoms with Gasteiger partial charge in [0.05, 0.1) is 6.61 Å². The second-order valence-electron chi connectivity index (χ2n) is 4.83. The van der Waals surface area contributed by atoms with E-state index in [0.717, 1.165) is 25.3 Å². The number of rotatable bonds is 4. The summed E-state index contributed by atoms with van der Waals surface area (Å²) < 4.78 is 6.89. The summed E-state index contributed by atoms with van der Waals surface area (Å²) in [4.78, 5) is 15.7. The molecule has 104 valence electrons. The first-order chi connectivity index (χ1) is 9.81. The summed E-state index contributed by atoms with van der Waals surface area (Å²) in [6.07, 6.45) is 3.97. The Kier molecular flexibility index (Phi) is 3.73. The molecule has 1 aromatic heterocycles. The molecule has 1 fully saturated rings. The topological polar surface area (TPSA) is 69.0 Å². The second-order valence-corrected chi connectivity index (χ2v) is 4.83. The van der Waals surface area contributed by atoms with Gasteiger partial charge in [0.1, 0.15) is 19.2 Å². The quantitative estimate of drug-likeness (QED) is 0.914. The minimum absolute atomic E-state index is 0.115. The SMILES string of the molecule is O=C(Cn1cncn1)Nc1cccc(C2CCOC2)c1. The number of hydrogen-bond acceptors (Lipinski definition) is 4. The number of nitrogens with zero attached hydrogens (tertiary/aromatic N) is 3. The smallest absolute Gasteiger partial charge is 0.246 e. The third kappa shape index (κ3) is 3.03. The molecular weight excluding hydrogens is 256 g/mol. The summed E-state index contributed by atoms with van der Waals surface area (Å²) >= 11 is 0. The van der Waals surface area contributed by atoms with Crippen molar-refractivity contribution in [1.29, 1.82) is 0 Å². The fourth-order valence-electron chi connectivity index (χ4n) is 2.33. The first-order valence-electron chi connectivity index (χ1n) is 6.61. The van der Waals surface area contributed by atoms with E-state index < -0.39 is 0 Å². The molecule has 0 spiro atoms. The molecule has 2 heterocycles. The summed E-state index contributed by atoms with van der Waals surface area (Å²) in [5.74, 6) is 0.317. The fourth-order valence-corrected chi connectivity index (χ4v) is 2.33. The van der Waals surface area contributed by atoms with Gasteiger partial charge in [-0.3, -0.25) is 4.79 Å². The van der Waals surface area contributed by atoms with Gasteiger partial charge in [-0.2, -0.15) is 5.10 Å². The number of nitrogens with one attached hydrogen (secondary N) is 1. The molecule has 6 nitrogen and oxygen atoms in total. The molecular formula is C14H16N4O2. The van der Waals surface area contributed by atoms with Gasteiger partial charge in [0.2, 0.25) is 5.91 Å². The van der Waals surface area contributed by atoms with Crippen molar-refractivity contribution in [1.82, 2.24) is 14.8 Å². The molecule has 0 saturated carbocycles. The maximum Gasteiger partial charge on any atom is 0.246 e. The number of aromatic nitrogens is 3. The number of hydrogen-bond donors (Lipinski definition) is 1. The zero-order valence-corrected chi connectivity index (χ0v) is 11.0. The van der Waals surface area contributed by atoms with E-state index in [1.165, 1.54) is 22.9 Å². The van der Waals surface area contributed by atoms with Crippen LogP contribution in [0.1, 0.15) is 17.9 Å². The number of carbonyl (C=O) groups excluding carboxylic acids is 1. The van der Waals surface area contributed by atoms with Crippen LogP contribution in [0.25, 0.3) is 0 Å². The maximum absolute atomic E-state index is 11.9. The van der Waals surface area contributed by atoms with E-state index in [2.05, 4.69) is 21.5 Å². The Bertz CT molecular complexity index is 577. The highest BCUT2D eigenvalue weighted by Gasteiger charge is 2.18. The van der Waals surface area contributed by atoms with Gasteiger partial charge in [-0.05, 0) is 24.1 Å². The summed E-state index contributed by atoms with van der Waals surface area (Å²) in [7, 11) is 0. The third-order valence-corrected chi connectivity index (χ3v) is 3.34. The normalized spacial score (nSPS) is 18.1. The van der Waals surface area contributed by atoms with Crippen molar-refractivity contribution < 1.29 is 9.53 Å². The van der Waals surface area contributed by atoms with Gasteiger partial charge >= 0.3 is 0 Å². The van der Waals surface area contributed by atoms with E-state index in [-0.39, 0.29) is 12.5 Å². The van der Waals surface area contributed by atoms with Crippen molar-refractivity contribution in [3.05, 3.63) is 42.5 Å². The van der Waals surface area contributed by atoms with E-state index in [1.807, 2.05) is 18.2 Å². The van der Waals surface area contributed by atoms with Crippen LogP contribution in [0.4, 0.5) is 5.69 Å². The van der Waals surface area contributed by atoms with Gasteiger partial charge in [0, 0.05) is 18.2 Å². The molecule has 1 atom stereocenters. The van der Waals surface area contributed by atoms with Crippen LogP contribution in [0.3, 0.4) is 0 Å². The van der Waals surface area contributed by atoms with Crippen LogP contribution in [0.5, 0.6) is 0 Å². The highest BCUT2D eigenvalue weighted by Crippen LogP contribution is 2.26. The molecule has 1 saturated heterocycles. The summed E-state index contributed by atoms with van der Waals surface area (Å²) in [5, 5.41) is 6.78. The molecule has 6 heteroatoms. The first kappa shape index (κ1) is 12.8. The minimum atomic E-state index is -0.115. The Labute approximate surface area is 116 Å². The molecule has 1 aliphatic rings. The summed E-state index contributed by atoms with van der Waals surface area (Å²) in [6.45, 7) is 1.74. The van der Waals surface area contributed by atoms with E-state index in [9.17, 15) is 4.79 Å². The van der Waals surface area contributed by atoms with Gasteiger partial charge in [-0.25, -0.2) is 9.67 Å². The fraction of sp³-hybridized carbons (Fsp3) is 0.357. The van der Waals surface area contributed by atoms with Crippen LogP contribution in [-0.2, 0) is 16.1 Å². The second kappa shape index (κ2) is 5.83. The zero-order valence-electron chi connectivity index (χ0n) is 11.0. The average molecular weight is 272 g/mol. The maximum atomic E-state index is 11.9. The minimum Gasteiger partial charge on any atom is -0.381 e. The monoisotopic (exact) mass is 272 g/mol. The molecule has 1 unspecified atom stereocenters. The van der Waals surface area contributed by atoms with E-state index in [1.54, 1.807) is 0 Å². The van der Waals surface area contributed by atoms with Crippen LogP contribution in [-0.4, -0.2) is 33.9 Å². The third-order valence-electron chi connectivity index (χ3n) is 3.34. The van der Waals surface area contributed by atoms with Crippen molar-refractivity contribution in [2.45, 2.75) is 18.9 Å². The van der Waals surface area contributed by atoms with E-state index >= 15 is 0 Å². The van der Waals surface area contributed by atoms with E-state index in [0.29, 0.717) is 5.92 Å². The Morgan fingerprint density at radius 2 is 2.45 bits per heavy atom. The molecule has 0 aliphatic carbocycles. The molecule has 1 N–H and O–H groups in total. The molecule has 0 bridgehead atoms. The van der Waals surface area contributed by atoms with Gasteiger partial charge in [-0.1, -0.05) is 12.1 Å². The Morgan fingerprint density at radius 3 is 3.20 bits per heavy atom. The predicted octanol–water partition coefficient (Wildman–Crippen LogP) is 1.42. The molecule has 1 aromatic carbocycles. The highest BCUT2D eigenvalue weighted by atomic mass is 16.5. The van der Waals surface area contributed by atoms with Crippen molar-refractivity contribution in [3.8, 4) is 0 Å². The van der Waals surface area contributed by atoms with Gasteiger partial charge in [0.25, 0.3) is 0 Å². The Hall–Kier alpha value is -2.21. The lowest BCUT2D eigenvalue weighted by molar-refractivity contribution is -0.116. The first-order valence-corrected chi connectivity index (χ1v) is 6.61. The number of ether oxygens (including phenoxy) is 1. The van der Waals surface area contributed by atoms with Crippen molar-refractivity contribution >= 4 is 11.6 Å². The van der Waals surface area contributed by atoms with Gasteiger partial charge in [0.15, 0.2) is 0 Å². The lowest BCUT2D eigenvalue weighted by Gasteiger charge is -2.11. The van der Waals surface area contributed by atoms with Gasteiger partial charge < -0.3 is 10.1 Å². The largest absolute Gasteiger partial charge is 0.381 e. The van der Waals surface area contributed by atoms with Crippen molar-refractivity contribution in [2.24, 2.45) is 0 Å². The van der Waals surface area contributed by atoms with Crippen molar-refractivity contribution in [2.75, 3.05) is 18.5 Å². The highest BCUT2D eigenvalue weighted by molar-refractivity contribution is 5.90. The molecule has 1 aliphatic heterocycles. The van der Waals surface area contributed by atoms with Crippen molar-refractivity contribution in [3.63, 3.8) is 0 Å². The lowest BCUT2D eigenvalue weighted by Crippen LogP contribution is -2.19. The van der Waals surface area contributed by atoms with Crippen LogP contribution < -0.4 is 5.32 Å². The standard InChI is InChI=1S/C14H16N4O2/c19-14(7-18-10-15-9-16-18)17-13-3-1-2-11(6-13)12-4-5-20-8-12/h1-3,6,9-10,12H,4-5,7-8H2,(H,17,19). The van der Waals surface area contributed by atoms with Crippen LogP contribution in [0, 0.1) is 0 Å². The number of carbonyl (C=O) groups is 1. The molecule has 20 heavy (non-hydrogen) atoms. The van der Waals surface area contributed by atoms with Crippen LogP contribution >= 0.6 is 0 Å². The average Bonchev–Trinajstić information content (AvgIpc) is 3.11. The van der Waals surface area contributed by atoms with Crippen LogP contribution in [0.2, 0.25) is 0 Å². The number of amides is 1. The number of anilines is 1. The zero-order chi connectivity index (χ0) is 13.8. The predicted molar refractivity (Wildman–Crippen MR) is 73.3 cm³/mol. The lowest BCUT2D eigenvalue weighted by atomic mass is 9.98. The molecule has 2 aromatic rings. The van der Waals surface area contributed by atoms with Crippen LogP contribution in [0.15, 0.2) is 36.9 Å². The summed E-state index contributed by atoms with van der Waals surface area (Å²) in [5.41, 5.74) is 2.01. The van der Waals surface area contributed by atoms with E-state index in [4.69, 9.17) is 4.74 Å².